The molecule has 2 aromatic rings. The zero-order chi connectivity index (χ0) is 10.8. The molecule has 2 heterocycles. The van der Waals surface area contributed by atoms with E-state index in [9.17, 15) is 0 Å². The van der Waals surface area contributed by atoms with Crippen molar-refractivity contribution in [2.24, 2.45) is 7.05 Å². The van der Waals surface area contributed by atoms with Crippen LogP contribution in [-0.2, 0) is 13.5 Å². The number of anilines is 1. The normalized spacial score (nSPS) is 10.5. The van der Waals surface area contributed by atoms with E-state index < -0.39 is 0 Å². The van der Waals surface area contributed by atoms with Crippen LogP contribution in [0.15, 0.2) is 22.9 Å². The van der Waals surface area contributed by atoms with Crippen molar-refractivity contribution in [3.8, 4) is 0 Å². The van der Waals surface area contributed by atoms with Gasteiger partial charge in [-0.25, -0.2) is 4.98 Å². The molecule has 0 aromatic carbocycles. The number of pyridine rings is 1. The fraction of sp³-hybridized carbons (Fsp3) is 0.222. The quantitative estimate of drug-likeness (QED) is 0.886. The van der Waals surface area contributed by atoms with Crippen LogP contribution in [0.3, 0.4) is 0 Å². The Morgan fingerprint density at radius 2 is 2.33 bits per heavy atom. The molecule has 2 N–H and O–H groups in total. The maximum Gasteiger partial charge on any atom is 0.151 e. The van der Waals surface area contributed by atoms with E-state index in [4.69, 9.17) is 5.73 Å². The molecule has 0 aliphatic carbocycles. The van der Waals surface area contributed by atoms with E-state index in [-0.39, 0.29) is 0 Å². The second-order valence-electron chi connectivity index (χ2n) is 3.22. The maximum absolute atomic E-state index is 5.60. The van der Waals surface area contributed by atoms with Crippen LogP contribution in [0.1, 0.15) is 11.3 Å². The SMILES string of the molecule is Cn1nnc(Br)c1Cc1ccnc(N)c1. The maximum atomic E-state index is 5.60. The van der Waals surface area contributed by atoms with Crippen LogP contribution in [0.4, 0.5) is 5.82 Å². The number of rotatable bonds is 2. The minimum Gasteiger partial charge on any atom is -0.384 e. The monoisotopic (exact) mass is 267 g/mol. The van der Waals surface area contributed by atoms with Crippen LogP contribution >= 0.6 is 15.9 Å². The van der Waals surface area contributed by atoms with Gasteiger partial charge in [0.2, 0.25) is 0 Å². The second-order valence-corrected chi connectivity index (χ2v) is 3.97. The van der Waals surface area contributed by atoms with Gasteiger partial charge in [-0.1, -0.05) is 5.21 Å². The first-order valence-electron chi connectivity index (χ1n) is 4.41. The largest absolute Gasteiger partial charge is 0.384 e. The summed E-state index contributed by atoms with van der Waals surface area (Å²) >= 11 is 3.35. The van der Waals surface area contributed by atoms with Gasteiger partial charge < -0.3 is 5.73 Å². The molecule has 0 saturated carbocycles. The Morgan fingerprint density at radius 3 is 2.93 bits per heavy atom. The highest BCUT2D eigenvalue weighted by atomic mass is 79.9. The van der Waals surface area contributed by atoms with Gasteiger partial charge in [-0.05, 0) is 33.6 Å². The van der Waals surface area contributed by atoms with Gasteiger partial charge in [-0.2, -0.15) is 0 Å². The smallest absolute Gasteiger partial charge is 0.151 e. The number of nitrogens with two attached hydrogens (primary N) is 1. The lowest BCUT2D eigenvalue weighted by Gasteiger charge is -2.02. The van der Waals surface area contributed by atoms with E-state index in [0.717, 1.165) is 22.3 Å². The lowest BCUT2D eigenvalue weighted by molar-refractivity contribution is 0.686. The first-order valence-corrected chi connectivity index (χ1v) is 5.20. The minimum absolute atomic E-state index is 0.527. The third kappa shape index (κ3) is 2.15. The van der Waals surface area contributed by atoms with E-state index in [1.807, 2.05) is 19.2 Å². The van der Waals surface area contributed by atoms with Gasteiger partial charge in [0.15, 0.2) is 4.60 Å². The van der Waals surface area contributed by atoms with Gasteiger partial charge in [0.25, 0.3) is 0 Å². The average molecular weight is 268 g/mol. The van der Waals surface area contributed by atoms with Crippen LogP contribution in [0.5, 0.6) is 0 Å². The summed E-state index contributed by atoms with van der Waals surface area (Å²) in [6, 6.07) is 3.77. The average Bonchev–Trinajstić information content (AvgIpc) is 2.50. The zero-order valence-electron chi connectivity index (χ0n) is 8.18. The van der Waals surface area contributed by atoms with Crippen molar-refractivity contribution in [2.45, 2.75) is 6.42 Å². The van der Waals surface area contributed by atoms with Crippen molar-refractivity contribution in [3.63, 3.8) is 0 Å². The number of nitrogens with zero attached hydrogens (tertiary/aromatic N) is 4. The molecule has 5 nitrogen and oxygen atoms in total. The summed E-state index contributed by atoms with van der Waals surface area (Å²) < 4.78 is 2.50. The lowest BCUT2D eigenvalue weighted by Crippen LogP contribution is -2.00. The fourth-order valence-electron chi connectivity index (χ4n) is 1.34. The summed E-state index contributed by atoms with van der Waals surface area (Å²) in [5.41, 5.74) is 7.71. The molecule has 2 aromatic heterocycles. The molecule has 78 valence electrons. The molecule has 0 bridgehead atoms. The number of aryl methyl sites for hydroxylation is 1. The highest BCUT2D eigenvalue weighted by Crippen LogP contribution is 2.16. The van der Waals surface area contributed by atoms with Crippen molar-refractivity contribution in [3.05, 3.63) is 34.2 Å². The van der Waals surface area contributed by atoms with Crippen LogP contribution < -0.4 is 5.73 Å². The van der Waals surface area contributed by atoms with Crippen LogP contribution in [0.25, 0.3) is 0 Å². The Balaban J connectivity index is 2.29. The Bertz CT molecular complexity index is 460. The van der Waals surface area contributed by atoms with Crippen LogP contribution in [0, 0.1) is 0 Å². The Kier molecular flexibility index (Phi) is 2.68. The summed E-state index contributed by atoms with van der Waals surface area (Å²) in [4.78, 5) is 3.94. The van der Waals surface area contributed by atoms with Gasteiger partial charge in [0, 0.05) is 19.7 Å². The molecule has 0 unspecified atom stereocenters. The van der Waals surface area contributed by atoms with Gasteiger partial charge >= 0.3 is 0 Å². The Hall–Kier alpha value is -1.43. The van der Waals surface area contributed by atoms with Crippen molar-refractivity contribution >= 4 is 21.7 Å². The molecule has 0 aliphatic heterocycles. The van der Waals surface area contributed by atoms with Crippen molar-refractivity contribution in [1.29, 1.82) is 0 Å². The summed E-state index contributed by atoms with van der Waals surface area (Å²) in [6.45, 7) is 0. The number of halogens is 1. The highest BCUT2D eigenvalue weighted by molar-refractivity contribution is 9.10. The lowest BCUT2D eigenvalue weighted by atomic mass is 10.1. The predicted molar refractivity (Wildman–Crippen MR) is 60.2 cm³/mol. The van der Waals surface area contributed by atoms with E-state index >= 15 is 0 Å². The Labute approximate surface area is 95.4 Å². The predicted octanol–water partition coefficient (Wildman–Crippen LogP) is 1.15. The topological polar surface area (TPSA) is 69.6 Å². The molecule has 2 rings (SSSR count). The number of hydrogen-bond donors (Lipinski definition) is 1. The van der Waals surface area contributed by atoms with Gasteiger partial charge in [0.1, 0.15) is 5.82 Å². The molecular weight excluding hydrogens is 258 g/mol. The van der Waals surface area contributed by atoms with Crippen molar-refractivity contribution in [1.82, 2.24) is 20.0 Å². The molecule has 0 atom stereocenters. The third-order valence-corrected chi connectivity index (χ3v) is 2.73. The number of nitrogen functional groups attached to an aromatic ring is 1. The molecule has 0 saturated heterocycles. The zero-order valence-corrected chi connectivity index (χ0v) is 9.77. The highest BCUT2D eigenvalue weighted by Gasteiger charge is 2.08. The third-order valence-electron chi connectivity index (χ3n) is 2.11. The first-order chi connectivity index (χ1) is 7.16. The minimum atomic E-state index is 0.527. The molecule has 0 aliphatic rings. The summed E-state index contributed by atoms with van der Waals surface area (Å²) in [5.74, 6) is 0.527. The van der Waals surface area contributed by atoms with E-state index in [1.165, 1.54) is 0 Å². The van der Waals surface area contributed by atoms with E-state index in [1.54, 1.807) is 10.9 Å². The molecule has 6 heteroatoms. The van der Waals surface area contributed by atoms with Gasteiger partial charge in [-0.15, -0.1) is 5.10 Å². The van der Waals surface area contributed by atoms with Crippen molar-refractivity contribution in [2.75, 3.05) is 5.73 Å². The summed E-state index contributed by atoms with van der Waals surface area (Å²) in [7, 11) is 1.86. The van der Waals surface area contributed by atoms with E-state index in [2.05, 4.69) is 31.2 Å². The van der Waals surface area contributed by atoms with Crippen LogP contribution in [0.2, 0.25) is 0 Å². The molecule has 0 radical (unpaired) electrons. The number of hydrogen-bond acceptors (Lipinski definition) is 4. The first kappa shape index (κ1) is 10.1. The van der Waals surface area contributed by atoms with Crippen molar-refractivity contribution < 1.29 is 0 Å². The molecule has 0 spiro atoms. The second kappa shape index (κ2) is 3.98. The summed E-state index contributed by atoms with van der Waals surface area (Å²) in [5, 5.41) is 7.83. The standard InChI is InChI=1S/C9H10BrN5/c1-15-7(9(10)13-14-15)4-6-2-3-12-8(11)5-6/h2-3,5H,4H2,1H3,(H2,11,12). The summed E-state index contributed by atoms with van der Waals surface area (Å²) in [6.07, 6.45) is 2.43. The van der Waals surface area contributed by atoms with Crippen LogP contribution in [-0.4, -0.2) is 20.0 Å². The fourth-order valence-corrected chi connectivity index (χ4v) is 1.80. The molecule has 15 heavy (non-hydrogen) atoms. The molecular formula is C9H10BrN5. The number of aromatic nitrogens is 4. The molecule has 0 fully saturated rings. The van der Waals surface area contributed by atoms with E-state index in [0.29, 0.717) is 5.82 Å². The van der Waals surface area contributed by atoms with Gasteiger partial charge in [0.05, 0.1) is 5.69 Å². The van der Waals surface area contributed by atoms with Gasteiger partial charge in [-0.3, -0.25) is 4.68 Å². The Morgan fingerprint density at radius 1 is 1.53 bits per heavy atom. The molecule has 0 amide bonds.